The van der Waals surface area contributed by atoms with Gasteiger partial charge in [-0.15, -0.1) is 0 Å². The minimum absolute atomic E-state index is 0.102. The molecule has 0 aliphatic carbocycles. The Morgan fingerprint density at radius 3 is 1.85 bits per heavy atom. The standard InChI is InChI=1S/C29H40N2O9/c1-28(2,3)40-27(36)31-16-14-30(15-17-31)26(35)24(34)23(33)25(38-18-21-10-6-4-7-11-21)29(37,20-32)39-19-22-12-8-5-9-13-22/h4-13,23-25,32-34,37H,14-20H2,1-3H3/t23-,24-,25+,29?/m1/s1. The minimum atomic E-state index is -2.46. The first-order chi connectivity index (χ1) is 18.9. The van der Waals surface area contributed by atoms with Gasteiger partial charge in [0.25, 0.3) is 5.91 Å². The highest BCUT2D eigenvalue weighted by Crippen LogP contribution is 2.25. The molecule has 0 bridgehead atoms. The van der Waals surface area contributed by atoms with Gasteiger partial charge >= 0.3 is 6.09 Å². The number of carbonyl (C=O) groups excluding carboxylic acids is 2. The van der Waals surface area contributed by atoms with Gasteiger partial charge in [-0.05, 0) is 31.9 Å². The molecule has 4 atom stereocenters. The maximum Gasteiger partial charge on any atom is 0.410 e. The topological polar surface area (TPSA) is 149 Å². The summed E-state index contributed by atoms with van der Waals surface area (Å²) >= 11 is 0. The van der Waals surface area contributed by atoms with Gasteiger partial charge in [-0.3, -0.25) is 4.79 Å². The van der Waals surface area contributed by atoms with Crippen LogP contribution < -0.4 is 0 Å². The Hall–Kier alpha value is -3.06. The second kappa shape index (κ2) is 14.0. The molecule has 2 aromatic rings. The van der Waals surface area contributed by atoms with Gasteiger partial charge in [0.05, 0.1) is 19.8 Å². The molecular formula is C29H40N2O9. The van der Waals surface area contributed by atoms with Gasteiger partial charge in [0.2, 0.25) is 5.79 Å². The number of piperazine rings is 1. The van der Waals surface area contributed by atoms with Crippen LogP contribution in [0.3, 0.4) is 0 Å². The predicted molar refractivity (Wildman–Crippen MR) is 145 cm³/mol. The predicted octanol–water partition coefficient (Wildman–Crippen LogP) is 1.27. The number of hydrogen-bond donors (Lipinski definition) is 4. The number of nitrogens with zero attached hydrogens (tertiary/aromatic N) is 2. The van der Waals surface area contributed by atoms with Crippen molar-refractivity contribution in [3.05, 3.63) is 71.8 Å². The van der Waals surface area contributed by atoms with Crippen molar-refractivity contribution in [1.82, 2.24) is 9.80 Å². The summed E-state index contributed by atoms with van der Waals surface area (Å²) in [6, 6.07) is 17.8. The van der Waals surface area contributed by atoms with E-state index in [1.165, 1.54) is 9.80 Å². The van der Waals surface area contributed by atoms with Crippen molar-refractivity contribution in [3.8, 4) is 0 Å². The number of amides is 2. The quantitative estimate of drug-likeness (QED) is 0.298. The van der Waals surface area contributed by atoms with Gasteiger partial charge in [0, 0.05) is 26.2 Å². The first-order valence-corrected chi connectivity index (χ1v) is 13.2. The van der Waals surface area contributed by atoms with Crippen LogP contribution in [0.25, 0.3) is 0 Å². The van der Waals surface area contributed by atoms with Crippen molar-refractivity contribution < 1.29 is 44.2 Å². The van der Waals surface area contributed by atoms with E-state index in [9.17, 15) is 30.0 Å². The molecule has 2 amide bonds. The van der Waals surface area contributed by atoms with E-state index >= 15 is 0 Å². The second-order valence-corrected chi connectivity index (χ2v) is 10.7. The molecule has 3 rings (SSSR count). The summed E-state index contributed by atoms with van der Waals surface area (Å²) in [4.78, 5) is 28.3. The smallest absolute Gasteiger partial charge is 0.410 e. The van der Waals surface area contributed by atoms with E-state index in [0.29, 0.717) is 11.1 Å². The summed E-state index contributed by atoms with van der Waals surface area (Å²) in [5.41, 5.74) is 0.720. The van der Waals surface area contributed by atoms with Crippen LogP contribution in [0.15, 0.2) is 60.7 Å². The highest BCUT2D eigenvalue weighted by Gasteiger charge is 2.48. The van der Waals surface area contributed by atoms with Gasteiger partial charge < -0.3 is 44.4 Å². The Morgan fingerprint density at radius 1 is 0.850 bits per heavy atom. The lowest BCUT2D eigenvalue weighted by atomic mass is 9.98. The lowest BCUT2D eigenvalue weighted by Crippen LogP contribution is -2.61. The van der Waals surface area contributed by atoms with Crippen molar-refractivity contribution in [1.29, 1.82) is 0 Å². The molecule has 0 spiro atoms. The highest BCUT2D eigenvalue weighted by molar-refractivity contribution is 5.81. The van der Waals surface area contributed by atoms with E-state index in [1.54, 1.807) is 69.3 Å². The number of rotatable bonds is 11. The van der Waals surface area contributed by atoms with E-state index in [-0.39, 0.29) is 39.4 Å². The normalized spacial score (nSPS) is 18.0. The number of carbonyl (C=O) groups is 2. The van der Waals surface area contributed by atoms with E-state index in [4.69, 9.17) is 14.2 Å². The molecular weight excluding hydrogens is 520 g/mol. The van der Waals surface area contributed by atoms with Crippen molar-refractivity contribution in [2.75, 3.05) is 32.8 Å². The van der Waals surface area contributed by atoms with E-state index in [1.807, 2.05) is 12.1 Å². The third-order valence-corrected chi connectivity index (χ3v) is 6.40. The van der Waals surface area contributed by atoms with E-state index in [2.05, 4.69) is 0 Å². The molecule has 1 aliphatic rings. The van der Waals surface area contributed by atoms with E-state index in [0.717, 1.165) is 0 Å². The number of aliphatic hydroxyl groups is 4. The fourth-order valence-electron chi connectivity index (χ4n) is 4.19. The summed E-state index contributed by atoms with van der Waals surface area (Å²) in [5, 5.41) is 43.4. The van der Waals surface area contributed by atoms with Crippen LogP contribution in [-0.2, 0) is 32.2 Å². The van der Waals surface area contributed by atoms with Gasteiger partial charge in [-0.25, -0.2) is 4.79 Å². The van der Waals surface area contributed by atoms with E-state index < -0.39 is 48.3 Å². The number of benzene rings is 2. The molecule has 40 heavy (non-hydrogen) atoms. The Labute approximate surface area is 234 Å². The zero-order valence-corrected chi connectivity index (χ0v) is 23.2. The lowest BCUT2D eigenvalue weighted by molar-refractivity contribution is -0.311. The lowest BCUT2D eigenvalue weighted by Gasteiger charge is -2.40. The Kier molecular flexibility index (Phi) is 11.0. The molecule has 1 unspecified atom stereocenters. The van der Waals surface area contributed by atoms with Crippen LogP contribution in [0.5, 0.6) is 0 Å². The molecule has 1 aliphatic heterocycles. The van der Waals surface area contributed by atoms with Gasteiger partial charge in [-0.1, -0.05) is 60.7 Å². The third kappa shape index (κ3) is 8.72. The fraction of sp³-hybridized carbons (Fsp3) is 0.517. The first-order valence-electron chi connectivity index (χ1n) is 13.2. The Morgan fingerprint density at radius 2 is 1.35 bits per heavy atom. The average molecular weight is 561 g/mol. The van der Waals surface area contributed by atoms with Crippen molar-refractivity contribution in [2.45, 2.75) is 63.7 Å². The maximum atomic E-state index is 13.2. The molecule has 0 saturated carbocycles. The first kappa shape index (κ1) is 31.5. The molecule has 1 saturated heterocycles. The highest BCUT2D eigenvalue weighted by atomic mass is 16.7. The molecule has 0 aromatic heterocycles. The van der Waals surface area contributed by atoms with Crippen LogP contribution in [0, 0.1) is 0 Å². The van der Waals surface area contributed by atoms with Gasteiger partial charge in [0.15, 0.2) is 6.10 Å². The summed E-state index contributed by atoms with van der Waals surface area (Å²) in [7, 11) is 0. The third-order valence-electron chi connectivity index (χ3n) is 6.40. The molecule has 0 radical (unpaired) electrons. The largest absolute Gasteiger partial charge is 0.444 e. The number of ether oxygens (including phenoxy) is 3. The second-order valence-electron chi connectivity index (χ2n) is 10.7. The van der Waals surface area contributed by atoms with Crippen molar-refractivity contribution in [2.24, 2.45) is 0 Å². The molecule has 11 nitrogen and oxygen atoms in total. The average Bonchev–Trinajstić information content (AvgIpc) is 2.95. The Bertz CT molecular complexity index is 1070. The molecule has 4 N–H and O–H groups in total. The zero-order valence-electron chi connectivity index (χ0n) is 23.2. The fourth-order valence-corrected chi connectivity index (χ4v) is 4.19. The van der Waals surface area contributed by atoms with Crippen LogP contribution in [0.4, 0.5) is 4.79 Å². The Balaban J connectivity index is 1.71. The van der Waals surface area contributed by atoms with Crippen LogP contribution >= 0.6 is 0 Å². The van der Waals surface area contributed by atoms with Gasteiger partial charge in [-0.2, -0.15) is 0 Å². The van der Waals surface area contributed by atoms with Crippen LogP contribution in [-0.4, -0.2) is 105 Å². The van der Waals surface area contributed by atoms with Crippen LogP contribution in [0.2, 0.25) is 0 Å². The maximum absolute atomic E-state index is 13.2. The number of aliphatic hydroxyl groups excluding tert-OH is 3. The zero-order chi connectivity index (χ0) is 29.3. The number of hydrogen-bond acceptors (Lipinski definition) is 9. The van der Waals surface area contributed by atoms with Crippen molar-refractivity contribution >= 4 is 12.0 Å². The SMILES string of the molecule is CC(C)(C)OC(=O)N1CCN(C(=O)[C@H](O)[C@@H](O)[C@H](OCc2ccccc2)C(O)(CO)OCc2ccccc2)CC1. The molecule has 1 fully saturated rings. The molecule has 220 valence electrons. The molecule has 2 aromatic carbocycles. The van der Waals surface area contributed by atoms with Gasteiger partial charge in [0.1, 0.15) is 17.8 Å². The summed E-state index contributed by atoms with van der Waals surface area (Å²) in [6.07, 6.45) is -6.18. The van der Waals surface area contributed by atoms with Crippen molar-refractivity contribution in [3.63, 3.8) is 0 Å². The van der Waals surface area contributed by atoms with Crippen LogP contribution in [0.1, 0.15) is 31.9 Å². The molecule has 1 heterocycles. The monoisotopic (exact) mass is 560 g/mol. The summed E-state index contributed by atoms with van der Waals surface area (Å²) in [6.45, 7) is 4.63. The minimum Gasteiger partial charge on any atom is -0.444 e. The summed E-state index contributed by atoms with van der Waals surface area (Å²) < 4.78 is 16.8. The molecule has 11 heteroatoms. The summed E-state index contributed by atoms with van der Waals surface area (Å²) in [5.74, 6) is -3.27.